The molecule has 0 spiro atoms. The first-order chi connectivity index (χ1) is 13.2. The molecule has 0 amide bonds. The first-order valence-corrected chi connectivity index (χ1v) is 9.34. The molecular formula is C19H22N6OS2. The molecule has 0 radical (unpaired) electrons. The monoisotopic (exact) mass is 414 g/mol. The van der Waals surface area contributed by atoms with Gasteiger partial charge in [0, 0.05) is 31.9 Å². The van der Waals surface area contributed by atoms with Crippen LogP contribution in [-0.4, -0.2) is 31.7 Å². The van der Waals surface area contributed by atoms with Crippen LogP contribution in [0.25, 0.3) is 16.7 Å². The Morgan fingerprint density at radius 2 is 2.04 bits per heavy atom. The summed E-state index contributed by atoms with van der Waals surface area (Å²) in [5.41, 5.74) is 3.15. The molecule has 1 unspecified atom stereocenters. The quantitative estimate of drug-likeness (QED) is 0.479. The molecule has 0 aliphatic heterocycles. The van der Waals surface area contributed by atoms with E-state index in [0.717, 1.165) is 32.9 Å². The van der Waals surface area contributed by atoms with Gasteiger partial charge >= 0.3 is 0 Å². The molecule has 0 fully saturated rings. The summed E-state index contributed by atoms with van der Waals surface area (Å²) in [5, 5.41) is 9.85. The van der Waals surface area contributed by atoms with Crippen LogP contribution in [0.5, 0.6) is 0 Å². The summed E-state index contributed by atoms with van der Waals surface area (Å²) >= 11 is 1.50. The third kappa shape index (κ3) is 4.01. The Balaban J connectivity index is 0.00000225. The smallest absolute Gasteiger partial charge is 0.153 e. The molecule has 7 nitrogen and oxygen atoms in total. The lowest BCUT2D eigenvalue weighted by atomic mass is 10.2. The number of aryl methyl sites for hydroxylation is 1. The molecule has 146 valence electrons. The lowest BCUT2D eigenvalue weighted by Crippen LogP contribution is -2.01. The highest BCUT2D eigenvalue weighted by molar-refractivity contribution is 8.00. The summed E-state index contributed by atoms with van der Waals surface area (Å²) < 4.78 is 12.4. The molecule has 0 aliphatic carbocycles. The second-order valence-electron chi connectivity index (χ2n) is 6.16. The maximum Gasteiger partial charge on any atom is 0.153 e. The number of fused-ring (bicyclic) bond motifs is 1. The number of rotatable bonds is 6. The topological polar surface area (TPSA) is 69.8 Å². The van der Waals surface area contributed by atoms with E-state index in [4.69, 9.17) is 4.74 Å². The molecule has 0 bridgehead atoms. The molecule has 3 heterocycles. The van der Waals surface area contributed by atoms with E-state index in [1.165, 1.54) is 11.9 Å². The minimum absolute atomic E-state index is 0. The fourth-order valence-corrected chi connectivity index (χ4v) is 3.51. The summed E-state index contributed by atoms with van der Waals surface area (Å²) in [4.78, 5) is 5.39. The molecular weight excluding hydrogens is 392 g/mol. The van der Waals surface area contributed by atoms with E-state index in [2.05, 4.69) is 26.0 Å². The molecule has 9 heteroatoms. The Morgan fingerprint density at radius 3 is 2.86 bits per heavy atom. The second-order valence-corrected chi connectivity index (χ2v) is 7.04. The first kappa shape index (κ1) is 20.2. The van der Waals surface area contributed by atoms with Gasteiger partial charge in [-0.1, -0.05) is 12.1 Å². The van der Waals surface area contributed by atoms with Crippen LogP contribution in [0, 0.1) is 0 Å². The molecule has 1 N–H and O–H groups in total. The molecule has 4 aromatic rings. The number of nitrogens with zero attached hydrogens (tertiary/aromatic N) is 5. The maximum atomic E-state index is 5.38. The van der Waals surface area contributed by atoms with Gasteiger partial charge in [0.2, 0.25) is 0 Å². The van der Waals surface area contributed by atoms with Gasteiger partial charge in [0.05, 0.1) is 34.6 Å². The number of anilines is 1. The highest BCUT2D eigenvalue weighted by Crippen LogP contribution is 2.28. The summed E-state index contributed by atoms with van der Waals surface area (Å²) in [6, 6.07) is 10.0. The SMILES string of the molecule is COC(C)c1ccnc(-n2cc(SNc3cccc4cnn(C)c34)cn2)c1.S. The standard InChI is InChI=1S/C19H20N6OS.H2S/c1-13(26-3)14-7-8-20-18(9-14)25-12-16(11-22-25)27-23-17-6-4-5-15-10-21-24(2)19(15)17;/h4-13,23H,1-3H3;1H2. The van der Waals surface area contributed by atoms with Gasteiger partial charge in [-0.2, -0.15) is 23.7 Å². The largest absolute Gasteiger partial charge is 0.377 e. The van der Waals surface area contributed by atoms with Gasteiger partial charge in [0.25, 0.3) is 0 Å². The third-order valence-corrected chi connectivity index (χ3v) is 5.19. The van der Waals surface area contributed by atoms with Crippen LogP contribution in [0.1, 0.15) is 18.6 Å². The van der Waals surface area contributed by atoms with Crippen LogP contribution < -0.4 is 4.72 Å². The fourth-order valence-electron chi connectivity index (χ4n) is 2.86. The average molecular weight is 415 g/mol. The third-order valence-electron chi connectivity index (χ3n) is 4.43. The predicted molar refractivity (Wildman–Crippen MR) is 117 cm³/mol. The zero-order valence-electron chi connectivity index (χ0n) is 15.8. The van der Waals surface area contributed by atoms with Crippen molar-refractivity contribution >= 4 is 42.0 Å². The maximum absolute atomic E-state index is 5.38. The van der Waals surface area contributed by atoms with E-state index in [1.807, 2.05) is 61.5 Å². The van der Waals surface area contributed by atoms with Gasteiger partial charge in [-0.3, -0.25) is 4.68 Å². The van der Waals surface area contributed by atoms with E-state index in [9.17, 15) is 0 Å². The molecule has 4 rings (SSSR count). The van der Waals surface area contributed by atoms with E-state index < -0.39 is 0 Å². The normalized spacial score (nSPS) is 12.0. The number of methoxy groups -OCH3 is 1. The molecule has 3 aromatic heterocycles. The predicted octanol–water partition coefficient (Wildman–Crippen LogP) is 4.09. The lowest BCUT2D eigenvalue weighted by molar-refractivity contribution is 0.119. The van der Waals surface area contributed by atoms with Gasteiger partial charge in [-0.25, -0.2) is 9.67 Å². The van der Waals surface area contributed by atoms with Crippen molar-refractivity contribution in [2.45, 2.75) is 17.9 Å². The Bertz CT molecular complexity index is 1080. The minimum atomic E-state index is 0. The average Bonchev–Trinajstić information content (AvgIpc) is 3.33. The van der Waals surface area contributed by atoms with Gasteiger partial charge in [0.15, 0.2) is 5.82 Å². The van der Waals surface area contributed by atoms with Crippen LogP contribution in [0.15, 0.2) is 60.0 Å². The summed E-state index contributed by atoms with van der Waals surface area (Å²) in [6.45, 7) is 2.01. The van der Waals surface area contributed by atoms with Crippen LogP contribution in [0.3, 0.4) is 0 Å². The van der Waals surface area contributed by atoms with Crippen LogP contribution in [0.2, 0.25) is 0 Å². The second kappa shape index (κ2) is 8.68. The number of hydrogen-bond donors (Lipinski definition) is 1. The van der Waals surface area contributed by atoms with Gasteiger partial charge in [-0.15, -0.1) is 0 Å². The van der Waals surface area contributed by atoms with Crippen LogP contribution >= 0.6 is 25.4 Å². The van der Waals surface area contributed by atoms with Gasteiger partial charge in [0.1, 0.15) is 0 Å². The van der Waals surface area contributed by atoms with Crippen molar-refractivity contribution < 1.29 is 4.74 Å². The van der Waals surface area contributed by atoms with Crippen molar-refractivity contribution in [3.05, 3.63) is 60.7 Å². The Morgan fingerprint density at radius 1 is 1.18 bits per heavy atom. The number of pyridine rings is 1. The van der Waals surface area contributed by atoms with Crippen molar-refractivity contribution in [1.82, 2.24) is 24.5 Å². The van der Waals surface area contributed by atoms with E-state index in [1.54, 1.807) is 18.0 Å². The first-order valence-electron chi connectivity index (χ1n) is 8.53. The Hall–Kier alpha value is -2.49. The highest BCUT2D eigenvalue weighted by Gasteiger charge is 2.09. The van der Waals surface area contributed by atoms with Crippen LogP contribution in [0.4, 0.5) is 5.69 Å². The zero-order chi connectivity index (χ0) is 18.8. The lowest BCUT2D eigenvalue weighted by Gasteiger charge is -2.10. The minimum Gasteiger partial charge on any atom is -0.377 e. The van der Waals surface area contributed by atoms with Gasteiger partial charge in [-0.05, 0) is 42.6 Å². The molecule has 28 heavy (non-hydrogen) atoms. The Labute approximate surface area is 174 Å². The number of hydrogen-bond acceptors (Lipinski definition) is 6. The Kier molecular flexibility index (Phi) is 6.28. The highest BCUT2D eigenvalue weighted by atomic mass is 32.2. The number of ether oxygens (including phenoxy) is 1. The van der Waals surface area contributed by atoms with Gasteiger partial charge < -0.3 is 9.46 Å². The summed E-state index contributed by atoms with van der Waals surface area (Å²) in [6.07, 6.45) is 7.41. The molecule has 0 aliphatic rings. The number of nitrogens with one attached hydrogen (secondary N) is 1. The fraction of sp³-hybridized carbons (Fsp3) is 0.211. The molecule has 1 atom stereocenters. The summed E-state index contributed by atoms with van der Waals surface area (Å²) in [5.74, 6) is 0.761. The summed E-state index contributed by atoms with van der Waals surface area (Å²) in [7, 11) is 3.64. The molecule has 0 saturated carbocycles. The zero-order valence-corrected chi connectivity index (χ0v) is 17.6. The molecule has 1 aromatic carbocycles. The van der Waals surface area contributed by atoms with E-state index in [-0.39, 0.29) is 19.6 Å². The van der Waals surface area contributed by atoms with E-state index in [0.29, 0.717) is 0 Å². The van der Waals surface area contributed by atoms with Crippen molar-refractivity contribution in [3.8, 4) is 5.82 Å². The number of para-hydroxylation sites is 1. The van der Waals surface area contributed by atoms with E-state index >= 15 is 0 Å². The number of aromatic nitrogens is 5. The number of benzene rings is 1. The molecule has 0 saturated heterocycles. The van der Waals surface area contributed by atoms with Crippen molar-refractivity contribution in [1.29, 1.82) is 0 Å². The van der Waals surface area contributed by atoms with Crippen LogP contribution in [-0.2, 0) is 11.8 Å². The van der Waals surface area contributed by atoms with Crippen molar-refractivity contribution in [3.63, 3.8) is 0 Å². The van der Waals surface area contributed by atoms with Crippen molar-refractivity contribution in [2.75, 3.05) is 11.8 Å². The van der Waals surface area contributed by atoms with Crippen molar-refractivity contribution in [2.24, 2.45) is 7.05 Å².